The number of hydrogen-bond acceptors (Lipinski definition) is 5. The maximum atomic E-state index is 13.0. The second kappa shape index (κ2) is 6.90. The normalized spacial score (nSPS) is 19.4. The number of rotatable bonds is 4. The van der Waals surface area contributed by atoms with E-state index >= 15 is 0 Å². The van der Waals surface area contributed by atoms with Gasteiger partial charge in [0, 0.05) is 15.6 Å². The molecule has 142 valence electrons. The summed E-state index contributed by atoms with van der Waals surface area (Å²) in [7, 11) is 1.26. The third-order valence-corrected chi connectivity index (χ3v) is 4.98. The highest BCUT2D eigenvalue weighted by atomic mass is 35.5. The summed E-state index contributed by atoms with van der Waals surface area (Å²) in [6.45, 7) is 3.03. The van der Waals surface area contributed by atoms with Crippen LogP contribution in [0.4, 0.5) is 4.79 Å². The highest BCUT2D eigenvalue weighted by molar-refractivity contribution is 6.35. The first kappa shape index (κ1) is 19.3. The van der Waals surface area contributed by atoms with E-state index in [1.165, 1.54) is 19.2 Å². The van der Waals surface area contributed by atoms with Crippen molar-refractivity contribution in [3.63, 3.8) is 0 Å². The molecule has 2 aromatic rings. The number of imide groups is 1. The molecule has 7 nitrogen and oxygen atoms in total. The number of nitrogens with zero attached hydrogens (tertiary/aromatic N) is 1. The van der Waals surface area contributed by atoms with Crippen LogP contribution in [0, 0.1) is 6.92 Å². The summed E-state index contributed by atoms with van der Waals surface area (Å²) < 4.78 is 10.2. The number of benzene rings is 1. The Kier molecular flexibility index (Phi) is 4.92. The van der Waals surface area contributed by atoms with Gasteiger partial charge < -0.3 is 14.5 Å². The van der Waals surface area contributed by atoms with Crippen molar-refractivity contribution in [3.05, 3.63) is 57.0 Å². The van der Waals surface area contributed by atoms with Gasteiger partial charge in [0.05, 0.1) is 13.7 Å². The predicted molar refractivity (Wildman–Crippen MR) is 97.7 cm³/mol. The number of amides is 3. The molecule has 0 saturated carbocycles. The third kappa shape index (κ3) is 3.28. The fourth-order valence-corrected chi connectivity index (χ4v) is 3.61. The number of halogens is 2. The Bertz CT molecular complexity index is 955. The number of aryl methyl sites for hydroxylation is 1. The molecule has 1 atom stereocenters. The van der Waals surface area contributed by atoms with Crippen molar-refractivity contribution in [3.8, 4) is 0 Å². The highest BCUT2D eigenvalue weighted by Gasteiger charge is 2.50. The Morgan fingerprint density at radius 3 is 2.63 bits per heavy atom. The minimum atomic E-state index is -1.34. The lowest BCUT2D eigenvalue weighted by Crippen LogP contribution is -2.41. The van der Waals surface area contributed by atoms with Crippen LogP contribution in [0.15, 0.2) is 28.7 Å². The van der Waals surface area contributed by atoms with Crippen LogP contribution in [0.3, 0.4) is 0 Å². The van der Waals surface area contributed by atoms with Crippen LogP contribution in [-0.2, 0) is 21.6 Å². The molecule has 2 heterocycles. The van der Waals surface area contributed by atoms with Crippen LogP contribution in [0.25, 0.3) is 0 Å². The van der Waals surface area contributed by atoms with Gasteiger partial charge in [-0.25, -0.2) is 9.59 Å². The lowest BCUT2D eigenvalue weighted by atomic mass is 9.92. The zero-order chi connectivity index (χ0) is 19.9. The Hall–Kier alpha value is -2.51. The van der Waals surface area contributed by atoms with Crippen LogP contribution in [0.1, 0.15) is 34.4 Å². The first-order chi connectivity index (χ1) is 12.7. The number of ether oxygens (including phenoxy) is 1. The molecule has 1 aliphatic rings. The number of carbonyl (C=O) groups is 3. The monoisotopic (exact) mass is 410 g/mol. The van der Waals surface area contributed by atoms with E-state index in [0.717, 1.165) is 4.90 Å². The number of nitrogens with one attached hydrogen (secondary N) is 1. The van der Waals surface area contributed by atoms with E-state index in [0.29, 0.717) is 16.3 Å². The fourth-order valence-electron chi connectivity index (χ4n) is 3.01. The van der Waals surface area contributed by atoms with Crippen LogP contribution < -0.4 is 5.32 Å². The minimum Gasteiger partial charge on any atom is -0.465 e. The maximum Gasteiger partial charge on any atom is 0.341 e. The van der Waals surface area contributed by atoms with Gasteiger partial charge in [-0.15, -0.1) is 0 Å². The molecule has 0 aliphatic carbocycles. The second-order valence-corrected chi connectivity index (χ2v) is 7.09. The molecule has 9 heteroatoms. The van der Waals surface area contributed by atoms with E-state index in [4.69, 9.17) is 27.6 Å². The number of hydrogen-bond donors (Lipinski definition) is 1. The molecule has 0 spiro atoms. The van der Waals surface area contributed by atoms with Crippen LogP contribution in [0.2, 0.25) is 10.0 Å². The topological polar surface area (TPSA) is 88.9 Å². The summed E-state index contributed by atoms with van der Waals surface area (Å²) in [5, 5.41) is 3.34. The van der Waals surface area contributed by atoms with Gasteiger partial charge in [0.25, 0.3) is 5.91 Å². The molecule has 1 aromatic carbocycles. The lowest BCUT2D eigenvalue weighted by molar-refractivity contribution is -0.131. The molecule has 1 N–H and O–H groups in total. The summed E-state index contributed by atoms with van der Waals surface area (Å²) in [6, 6.07) is 5.55. The molecule has 3 amide bonds. The molecule has 1 aromatic heterocycles. The summed E-state index contributed by atoms with van der Waals surface area (Å²) >= 11 is 12.1. The van der Waals surface area contributed by atoms with Crippen LogP contribution in [-0.4, -0.2) is 29.9 Å². The summed E-state index contributed by atoms with van der Waals surface area (Å²) in [6.07, 6.45) is 0. The number of esters is 1. The molecule has 3 rings (SSSR count). The molecule has 1 saturated heterocycles. The third-order valence-electron chi connectivity index (χ3n) is 4.43. The maximum absolute atomic E-state index is 13.0. The summed E-state index contributed by atoms with van der Waals surface area (Å²) in [4.78, 5) is 38.1. The van der Waals surface area contributed by atoms with Gasteiger partial charge in [-0.3, -0.25) is 9.69 Å². The van der Waals surface area contributed by atoms with Crippen molar-refractivity contribution in [2.75, 3.05) is 7.11 Å². The summed E-state index contributed by atoms with van der Waals surface area (Å²) in [5.74, 6) is -0.432. The van der Waals surface area contributed by atoms with Crippen molar-refractivity contribution in [1.29, 1.82) is 0 Å². The SMILES string of the molecule is COC(=O)c1cc(CN2C(=O)N[C@@](C)(c3ccc(Cl)cc3Cl)C2=O)oc1C. The highest BCUT2D eigenvalue weighted by Crippen LogP contribution is 2.35. The molecule has 0 unspecified atom stereocenters. The molecule has 27 heavy (non-hydrogen) atoms. The zero-order valence-corrected chi connectivity index (χ0v) is 16.3. The van der Waals surface area contributed by atoms with Gasteiger partial charge in [0.1, 0.15) is 22.6 Å². The van der Waals surface area contributed by atoms with Crippen molar-refractivity contribution < 1.29 is 23.5 Å². The van der Waals surface area contributed by atoms with Crippen LogP contribution >= 0.6 is 23.2 Å². The largest absolute Gasteiger partial charge is 0.465 e. The van der Waals surface area contributed by atoms with E-state index in [1.54, 1.807) is 26.0 Å². The quantitative estimate of drug-likeness (QED) is 0.613. The Labute approximate surface area is 165 Å². The average molecular weight is 411 g/mol. The Morgan fingerprint density at radius 1 is 1.30 bits per heavy atom. The first-order valence-corrected chi connectivity index (χ1v) is 8.70. The van der Waals surface area contributed by atoms with Gasteiger partial charge >= 0.3 is 12.0 Å². The predicted octanol–water partition coefficient (Wildman–Crippen LogP) is 3.65. The molecular weight excluding hydrogens is 395 g/mol. The van der Waals surface area contributed by atoms with Gasteiger partial charge in [-0.1, -0.05) is 29.3 Å². The van der Waals surface area contributed by atoms with E-state index in [-0.39, 0.29) is 22.9 Å². The van der Waals surface area contributed by atoms with Gasteiger partial charge in [-0.2, -0.15) is 0 Å². The van der Waals surface area contributed by atoms with E-state index in [2.05, 4.69) is 10.1 Å². The van der Waals surface area contributed by atoms with E-state index < -0.39 is 23.4 Å². The summed E-state index contributed by atoms with van der Waals surface area (Å²) in [5.41, 5.74) is -0.672. The van der Waals surface area contributed by atoms with Gasteiger partial charge in [0.15, 0.2) is 0 Å². The van der Waals surface area contributed by atoms with E-state index in [1.807, 2.05) is 0 Å². The lowest BCUT2D eigenvalue weighted by Gasteiger charge is -2.23. The average Bonchev–Trinajstić information content (AvgIpc) is 3.07. The fraction of sp³-hybridized carbons (Fsp3) is 0.278. The van der Waals surface area contributed by atoms with Crippen molar-refractivity contribution in [2.24, 2.45) is 0 Å². The van der Waals surface area contributed by atoms with Gasteiger partial charge in [0.2, 0.25) is 0 Å². The van der Waals surface area contributed by atoms with E-state index in [9.17, 15) is 14.4 Å². The molecule has 0 bridgehead atoms. The molecule has 0 radical (unpaired) electrons. The molecule has 1 fully saturated rings. The van der Waals surface area contributed by atoms with Crippen molar-refractivity contribution in [1.82, 2.24) is 10.2 Å². The zero-order valence-electron chi connectivity index (χ0n) is 14.8. The molecule has 1 aliphatic heterocycles. The number of urea groups is 1. The van der Waals surface area contributed by atoms with Gasteiger partial charge in [-0.05, 0) is 32.0 Å². The van der Waals surface area contributed by atoms with Crippen LogP contribution in [0.5, 0.6) is 0 Å². The molecular formula is C18H16Cl2N2O5. The van der Waals surface area contributed by atoms with Crippen molar-refractivity contribution in [2.45, 2.75) is 25.9 Å². The van der Waals surface area contributed by atoms with Crippen molar-refractivity contribution >= 4 is 41.1 Å². The Balaban J connectivity index is 1.89. The first-order valence-electron chi connectivity index (χ1n) is 7.94. The minimum absolute atomic E-state index is 0.136. The smallest absolute Gasteiger partial charge is 0.341 e. The number of methoxy groups -OCH3 is 1. The Morgan fingerprint density at radius 2 is 2.00 bits per heavy atom. The second-order valence-electron chi connectivity index (χ2n) is 6.24. The number of furan rings is 1. The number of carbonyl (C=O) groups excluding carboxylic acids is 3. The standard InChI is InChI=1S/C18H16Cl2N2O5/c1-9-12(15(23)26-3)7-11(27-9)8-22-16(24)18(2,21-17(22)25)13-5-4-10(19)6-14(13)20/h4-7H,8H2,1-3H3,(H,21,25)/t18-/m0/s1.